The SMILES string of the molecule is O=C(CNc1ccccc1)OC(CS(=O)(=O)O)C(F)(F)F. The Hall–Kier alpha value is -1.81. The standard InChI is InChI=1S/C11H12F3NO5S/c12-11(13,14)9(7-21(17,18)19)20-10(16)6-15-8-4-2-1-3-5-8/h1-5,9,15H,6-7H2,(H,17,18,19). The van der Waals surface area contributed by atoms with Gasteiger partial charge in [-0.15, -0.1) is 0 Å². The lowest BCUT2D eigenvalue weighted by atomic mass is 10.3. The second-order valence-electron chi connectivity index (χ2n) is 3.99. The van der Waals surface area contributed by atoms with E-state index in [2.05, 4.69) is 10.1 Å². The Bertz CT molecular complexity index is 573. The molecule has 1 aromatic rings. The first-order valence-electron chi connectivity index (χ1n) is 5.58. The highest BCUT2D eigenvalue weighted by atomic mass is 32.2. The third-order valence-electron chi connectivity index (χ3n) is 2.21. The largest absolute Gasteiger partial charge is 0.450 e. The van der Waals surface area contributed by atoms with Gasteiger partial charge in [-0.3, -0.25) is 9.35 Å². The summed E-state index contributed by atoms with van der Waals surface area (Å²) in [4.78, 5) is 11.3. The van der Waals surface area contributed by atoms with Crippen molar-refractivity contribution in [3.63, 3.8) is 0 Å². The van der Waals surface area contributed by atoms with Crippen LogP contribution in [0.5, 0.6) is 0 Å². The smallest absolute Gasteiger partial charge is 0.426 e. The lowest BCUT2D eigenvalue weighted by Crippen LogP contribution is -2.40. The van der Waals surface area contributed by atoms with E-state index in [0.29, 0.717) is 5.69 Å². The topological polar surface area (TPSA) is 92.7 Å². The fourth-order valence-electron chi connectivity index (χ4n) is 1.32. The van der Waals surface area contributed by atoms with Crippen LogP contribution >= 0.6 is 0 Å². The molecule has 0 saturated heterocycles. The van der Waals surface area contributed by atoms with Crippen LogP contribution in [0, 0.1) is 0 Å². The van der Waals surface area contributed by atoms with Crippen LogP contribution in [0.15, 0.2) is 30.3 Å². The van der Waals surface area contributed by atoms with Gasteiger partial charge in [0.25, 0.3) is 10.1 Å². The van der Waals surface area contributed by atoms with E-state index in [0.717, 1.165) is 0 Å². The Morgan fingerprint density at radius 3 is 2.33 bits per heavy atom. The minimum atomic E-state index is -5.10. The summed E-state index contributed by atoms with van der Waals surface area (Å²) < 4.78 is 71.0. The van der Waals surface area contributed by atoms with Gasteiger partial charge in [-0.2, -0.15) is 21.6 Å². The summed E-state index contributed by atoms with van der Waals surface area (Å²) in [6, 6.07) is 8.14. The van der Waals surface area contributed by atoms with Gasteiger partial charge in [-0.1, -0.05) is 18.2 Å². The number of alkyl halides is 3. The molecule has 1 aromatic carbocycles. The molecular weight excluding hydrogens is 315 g/mol. The number of anilines is 1. The van der Waals surface area contributed by atoms with Crippen LogP contribution in [0.4, 0.5) is 18.9 Å². The van der Waals surface area contributed by atoms with Crippen LogP contribution in [-0.2, 0) is 19.6 Å². The number of para-hydroxylation sites is 1. The summed E-state index contributed by atoms with van der Waals surface area (Å²) >= 11 is 0. The maximum absolute atomic E-state index is 12.5. The van der Waals surface area contributed by atoms with Crippen molar-refractivity contribution in [2.24, 2.45) is 0 Å². The molecule has 0 saturated carbocycles. The molecule has 21 heavy (non-hydrogen) atoms. The lowest BCUT2D eigenvalue weighted by molar-refractivity contribution is -0.214. The zero-order chi connectivity index (χ0) is 16.1. The molecule has 2 N–H and O–H groups in total. The van der Waals surface area contributed by atoms with Crippen molar-refractivity contribution in [2.75, 3.05) is 17.6 Å². The number of benzene rings is 1. The Morgan fingerprint density at radius 1 is 1.29 bits per heavy atom. The summed E-state index contributed by atoms with van der Waals surface area (Å²) in [6.07, 6.45) is -8.02. The maximum Gasteiger partial charge on any atom is 0.426 e. The number of rotatable bonds is 6. The van der Waals surface area contributed by atoms with E-state index < -0.39 is 40.7 Å². The van der Waals surface area contributed by atoms with Crippen LogP contribution in [0.2, 0.25) is 0 Å². The summed E-state index contributed by atoms with van der Waals surface area (Å²) in [6.45, 7) is -0.581. The predicted molar refractivity (Wildman–Crippen MR) is 67.3 cm³/mol. The van der Waals surface area contributed by atoms with Crippen LogP contribution in [0.3, 0.4) is 0 Å². The second kappa shape index (κ2) is 6.76. The molecule has 0 fully saturated rings. The summed E-state index contributed by atoms with van der Waals surface area (Å²) in [5.41, 5.74) is 0.479. The number of hydrogen-bond acceptors (Lipinski definition) is 5. The van der Waals surface area contributed by atoms with E-state index in [-0.39, 0.29) is 0 Å². The monoisotopic (exact) mass is 327 g/mol. The summed E-state index contributed by atoms with van der Waals surface area (Å²) in [5.74, 6) is -3.04. The molecule has 0 spiro atoms. The summed E-state index contributed by atoms with van der Waals surface area (Å²) in [5, 5.41) is 2.51. The number of carbonyl (C=O) groups is 1. The molecule has 0 aliphatic rings. The number of esters is 1. The molecule has 0 heterocycles. The number of nitrogens with one attached hydrogen (secondary N) is 1. The van der Waals surface area contributed by atoms with Gasteiger partial charge < -0.3 is 10.1 Å². The highest BCUT2D eigenvalue weighted by Crippen LogP contribution is 2.24. The van der Waals surface area contributed by atoms with Crippen molar-refractivity contribution in [3.8, 4) is 0 Å². The van der Waals surface area contributed by atoms with Crippen molar-refractivity contribution in [3.05, 3.63) is 30.3 Å². The molecule has 0 aliphatic carbocycles. The van der Waals surface area contributed by atoms with Gasteiger partial charge in [0.05, 0.1) is 0 Å². The van der Waals surface area contributed by atoms with Gasteiger partial charge in [0.15, 0.2) is 0 Å². The Kier molecular flexibility index (Phi) is 5.55. The zero-order valence-electron chi connectivity index (χ0n) is 10.5. The molecular formula is C11H12F3NO5S. The van der Waals surface area contributed by atoms with E-state index in [9.17, 15) is 26.4 Å². The Labute approximate surface area is 118 Å². The molecule has 0 aromatic heterocycles. The van der Waals surface area contributed by atoms with E-state index in [1.54, 1.807) is 30.3 Å². The van der Waals surface area contributed by atoms with Crippen LogP contribution in [-0.4, -0.2) is 43.5 Å². The van der Waals surface area contributed by atoms with Gasteiger partial charge in [0.2, 0.25) is 6.10 Å². The minimum Gasteiger partial charge on any atom is -0.450 e. The van der Waals surface area contributed by atoms with Gasteiger partial charge in [0.1, 0.15) is 12.3 Å². The van der Waals surface area contributed by atoms with Crippen LogP contribution in [0.1, 0.15) is 0 Å². The van der Waals surface area contributed by atoms with E-state index in [1.165, 1.54) is 0 Å². The number of hydrogen-bond donors (Lipinski definition) is 2. The van der Waals surface area contributed by atoms with Crippen molar-refractivity contribution < 1.29 is 35.7 Å². The molecule has 0 bridgehead atoms. The Balaban J connectivity index is 2.60. The zero-order valence-corrected chi connectivity index (χ0v) is 11.3. The Morgan fingerprint density at radius 2 is 1.86 bits per heavy atom. The minimum absolute atomic E-state index is 0.479. The molecule has 1 rings (SSSR count). The van der Waals surface area contributed by atoms with Gasteiger partial charge in [0, 0.05) is 5.69 Å². The fraction of sp³-hybridized carbons (Fsp3) is 0.364. The third kappa shape index (κ3) is 6.95. The highest BCUT2D eigenvalue weighted by Gasteiger charge is 2.45. The first-order valence-corrected chi connectivity index (χ1v) is 7.19. The lowest BCUT2D eigenvalue weighted by Gasteiger charge is -2.19. The molecule has 10 heteroatoms. The average molecular weight is 327 g/mol. The number of carbonyl (C=O) groups excluding carboxylic acids is 1. The van der Waals surface area contributed by atoms with Crippen molar-refractivity contribution in [1.82, 2.24) is 0 Å². The first kappa shape index (κ1) is 17.2. The summed E-state index contributed by atoms with van der Waals surface area (Å²) in [7, 11) is -4.94. The fourth-order valence-corrected chi connectivity index (χ4v) is 1.96. The second-order valence-corrected chi connectivity index (χ2v) is 5.49. The number of halogens is 3. The first-order chi connectivity index (χ1) is 9.58. The normalized spacial score (nSPS) is 13.5. The molecule has 0 radical (unpaired) electrons. The molecule has 0 aliphatic heterocycles. The van der Waals surface area contributed by atoms with E-state index in [1.807, 2.05) is 0 Å². The third-order valence-corrected chi connectivity index (χ3v) is 2.94. The molecule has 118 valence electrons. The average Bonchev–Trinajstić information content (AvgIpc) is 2.34. The van der Waals surface area contributed by atoms with Crippen molar-refractivity contribution in [2.45, 2.75) is 12.3 Å². The molecule has 0 amide bonds. The highest BCUT2D eigenvalue weighted by molar-refractivity contribution is 7.85. The van der Waals surface area contributed by atoms with Gasteiger partial charge in [-0.25, -0.2) is 0 Å². The van der Waals surface area contributed by atoms with E-state index >= 15 is 0 Å². The van der Waals surface area contributed by atoms with Crippen LogP contribution in [0.25, 0.3) is 0 Å². The van der Waals surface area contributed by atoms with Gasteiger partial charge in [-0.05, 0) is 12.1 Å². The molecule has 1 atom stereocenters. The van der Waals surface area contributed by atoms with Crippen molar-refractivity contribution >= 4 is 21.8 Å². The van der Waals surface area contributed by atoms with Crippen LogP contribution < -0.4 is 5.32 Å². The maximum atomic E-state index is 12.5. The van der Waals surface area contributed by atoms with Gasteiger partial charge >= 0.3 is 12.1 Å². The number of ether oxygens (including phenoxy) is 1. The molecule has 6 nitrogen and oxygen atoms in total. The predicted octanol–water partition coefficient (Wildman–Crippen LogP) is 1.46. The quantitative estimate of drug-likeness (QED) is 0.607. The molecule has 1 unspecified atom stereocenters. The van der Waals surface area contributed by atoms with E-state index in [4.69, 9.17) is 4.55 Å². The van der Waals surface area contributed by atoms with Crippen molar-refractivity contribution in [1.29, 1.82) is 0 Å².